The van der Waals surface area contributed by atoms with Crippen LogP contribution in [0.5, 0.6) is 5.75 Å². The molecule has 0 saturated heterocycles. The molecule has 1 aliphatic rings. The van der Waals surface area contributed by atoms with Crippen LogP contribution in [0.15, 0.2) is 17.0 Å². The molecule has 0 radical (unpaired) electrons. The standard InChI is InChI=1S/C12H15NO5S/c1-7-5-9(14)8(11(15)16)6-10(7)19(17,18)13-12(2)3-4-12/h5-6,13-14H,3-4H2,1-2H3,(H,15,16). The number of aromatic carboxylic acids is 1. The van der Waals surface area contributed by atoms with Crippen LogP contribution in [0.1, 0.15) is 35.7 Å². The number of aromatic hydroxyl groups is 1. The van der Waals surface area contributed by atoms with Crippen molar-refractivity contribution in [3.8, 4) is 5.75 Å². The average molecular weight is 285 g/mol. The Labute approximate surface area is 111 Å². The second kappa shape index (κ2) is 4.21. The maximum Gasteiger partial charge on any atom is 0.339 e. The lowest BCUT2D eigenvalue weighted by Gasteiger charge is -2.14. The highest BCUT2D eigenvalue weighted by molar-refractivity contribution is 7.89. The monoisotopic (exact) mass is 285 g/mol. The molecule has 0 atom stereocenters. The summed E-state index contributed by atoms with van der Waals surface area (Å²) in [4.78, 5) is 10.8. The predicted molar refractivity (Wildman–Crippen MR) is 67.8 cm³/mol. The second-order valence-electron chi connectivity index (χ2n) is 5.11. The lowest BCUT2D eigenvalue weighted by atomic mass is 10.1. The van der Waals surface area contributed by atoms with Crippen LogP contribution < -0.4 is 4.72 Å². The van der Waals surface area contributed by atoms with Gasteiger partial charge in [0.2, 0.25) is 10.0 Å². The van der Waals surface area contributed by atoms with E-state index in [1.807, 2.05) is 0 Å². The van der Waals surface area contributed by atoms with Crippen LogP contribution in [0.4, 0.5) is 0 Å². The molecule has 0 bridgehead atoms. The Morgan fingerprint density at radius 3 is 2.42 bits per heavy atom. The molecule has 0 unspecified atom stereocenters. The van der Waals surface area contributed by atoms with E-state index in [1.165, 1.54) is 6.92 Å². The van der Waals surface area contributed by atoms with Crippen LogP contribution in [0.3, 0.4) is 0 Å². The van der Waals surface area contributed by atoms with Gasteiger partial charge in [0.1, 0.15) is 11.3 Å². The van der Waals surface area contributed by atoms with Crippen LogP contribution in [0.2, 0.25) is 0 Å². The molecule has 0 aromatic heterocycles. The minimum atomic E-state index is -3.78. The molecule has 3 N–H and O–H groups in total. The summed E-state index contributed by atoms with van der Waals surface area (Å²) in [6.45, 7) is 3.30. The van der Waals surface area contributed by atoms with Gasteiger partial charge in [-0.15, -0.1) is 0 Å². The molecule has 19 heavy (non-hydrogen) atoms. The minimum absolute atomic E-state index is 0.115. The van der Waals surface area contributed by atoms with Crippen molar-refractivity contribution in [2.45, 2.75) is 37.1 Å². The Kier molecular flexibility index (Phi) is 3.06. The number of hydrogen-bond acceptors (Lipinski definition) is 4. The van der Waals surface area contributed by atoms with Crippen LogP contribution >= 0.6 is 0 Å². The van der Waals surface area contributed by atoms with Gasteiger partial charge in [-0.3, -0.25) is 0 Å². The van der Waals surface area contributed by atoms with Crippen molar-refractivity contribution in [2.75, 3.05) is 0 Å². The topological polar surface area (TPSA) is 104 Å². The third-order valence-electron chi connectivity index (χ3n) is 3.19. The van der Waals surface area contributed by atoms with Crippen molar-refractivity contribution in [2.24, 2.45) is 0 Å². The van der Waals surface area contributed by atoms with Gasteiger partial charge in [-0.05, 0) is 44.4 Å². The first kappa shape index (κ1) is 13.8. The molecule has 6 nitrogen and oxygen atoms in total. The maximum atomic E-state index is 12.2. The van der Waals surface area contributed by atoms with Crippen LogP contribution in [0, 0.1) is 6.92 Å². The third-order valence-corrected chi connectivity index (χ3v) is 4.97. The van der Waals surface area contributed by atoms with Crippen LogP contribution in [-0.4, -0.2) is 30.1 Å². The fourth-order valence-corrected chi connectivity index (χ4v) is 3.52. The third kappa shape index (κ3) is 2.71. The zero-order valence-electron chi connectivity index (χ0n) is 10.6. The number of hydrogen-bond donors (Lipinski definition) is 3. The van der Waals surface area contributed by atoms with Crippen molar-refractivity contribution >= 4 is 16.0 Å². The largest absolute Gasteiger partial charge is 0.507 e. The summed E-state index contributed by atoms with van der Waals surface area (Å²) in [5, 5.41) is 18.4. The number of carboxylic acids is 1. The van der Waals surface area contributed by atoms with Gasteiger partial charge in [0.15, 0.2) is 0 Å². The molecule has 104 valence electrons. The van der Waals surface area contributed by atoms with E-state index in [-0.39, 0.29) is 4.90 Å². The van der Waals surface area contributed by atoms with Gasteiger partial charge in [-0.2, -0.15) is 0 Å². The van der Waals surface area contributed by atoms with Gasteiger partial charge < -0.3 is 10.2 Å². The summed E-state index contributed by atoms with van der Waals surface area (Å²) in [7, 11) is -3.78. The Morgan fingerprint density at radius 1 is 1.37 bits per heavy atom. The number of sulfonamides is 1. The van der Waals surface area contributed by atoms with Gasteiger partial charge in [0.05, 0.1) is 4.90 Å². The van der Waals surface area contributed by atoms with Crippen molar-refractivity contribution < 1.29 is 23.4 Å². The fraction of sp³-hybridized carbons (Fsp3) is 0.417. The molecule has 1 aromatic carbocycles. The molecule has 1 aromatic rings. The van der Waals surface area contributed by atoms with Crippen molar-refractivity contribution in [1.82, 2.24) is 4.72 Å². The molecule has 1 fully saturated rings. The Bertz CT molecular complexity index is 646. The van der Waals surface area contributed by atoms with Crippen molar-refractivity contribution in [1.29, 1.82) is 0 Å². The normalized spacial score (nSPS) is 17.2. The van der Waals surface area contributed by atoms with E-state index in [1.54, 1.807) is 6.92 Å². The average Bonchev–Trinajstić information content (AvgIpc) is 2.93. The Hall–Kier alpha value is -1.60. The fourth-order valence-electron chi connectivity index (χ4n) is 1.80. The van der Waals surface area contributed by atoms with E-state index < -0.39 is 32.8 Å². The van der Waals surface area contributed by atoms with Gasteiger partial charge in [-0.25, -0.2) is 17.9 Å². The number of carboxylic acid groups (broad SMARTS) is 1. The molecule has 1 aliphatic carbocycles. The zero-order chi connectivity index (χ0) is 14.4. The van der Waals surface area contributed by atoms with Gasteiger partial charge in [0.25, 0.3) is 0 Å². The molecule has 0 aliphatic heterocycles. The number of phenols is 1. The molecule has 0 heterocycles. The van der Waals surface area contributed by atoms with Crippen LogP contribution in [-0.2, 0) is 10.0 Å². The number of aryl methyl sites for hydroxylation is 1. The summed E-state index contributed by atoms with van der Waals surface area (Å²) in [5.74, 6) is -1.81. The van der Waals surface area contributed by atoms with E-state index in [0.717, 1.165) is 25.0 Å². The summed E-state index contributed by atoms with van der Waals surface area (Å²) in [6, 6.07) is 2.13. The lowest BCUT2D eigenvalue weighted by molar-refractivity contribution is 0.0693. The highest BCUT2D eigenvalue weighted by Gasteiger charge is 2.41. The molecule has 7 heteroatoms. The number of carbonyl (C=O) groups is 1. The maximum absolute atomic E-state index is 12.2. The highest BCUT2D eigenvalue weighted by atomic mass is 32.2. The Balaban J connectivity index is 2.49. The van der Waals surface area contributed by atoms with Crippen molar-refractivity contribution in [3.05, 3.63) is 23.3 Å². The van der Waals surface area contributed by atoms with Crippen molar-refractivity contribution in [3.63, 3.8) is 0 Å². The lowest BCUT2D eigenvalue weighted by Crippen LogP contribution is -2.34. The van der Waals surface area contributed by atoms with Gasteiger partial charge in [0, 0.05) is 5.54 Å². The first-order chi connectivity index (χ1) is 8.65. The van der Waals surface area contributed by atoms with E-state index >= 15 is 0 Å². The van der Waals surface area contributed by atoms with E-state index in [4.69, 9.17) is 5.11 Å². The molecule has 0 amide bonds. The van der Waals surface area contributed by atoms with Gasteiger partial charge >= 0.3 is 5.97 Å². The summed E-state index contributed by atoms with van der Waals surface area (Å²) in [5.41, 5.74) is -0.557. The number of benzene rings is 1. The molecule has 0 spiro atoms. The summed E-state index contributed by atoms with van der Waals surface area (Å²) in [6.07, 6.45) is 1.52. The smallest absolute Gasteiger partial charge is 0.339 e. The first-order valence-electron chi connectivity index (χ1n) is 5.75. The van der Waals surface area contributed by atoms with Crippen LogP contribution in [0.25, 0.3) is 0 Å². The Morgan fingerprint density at radius 2 is 1.95 bits per heavy atom. The second-order valence-corrected chi connectivity index (χ2v) is 6.76. The molecule has 1 saturated carbocycles. The molecular weight excluding hydrogens is 270 g/mol. The SMILES string of the molecule is Cc1cc(O)c(C(=O)O)cc1S(=O)(=O)NC1(C)CC1. The summed E-state index contributed by atoms with van der Waals surface area (Å²) < 4.78 is 27.0. The van der Waals surface area contributed by atoms with E-state index in [2.05, 4.69) is 4.72 Å². The quantitative estimate of drug-likeness (QED) is 0.772. The first-order valence-corrected chi connectivity index (χ1v) is 7.24. The molecule has 2 rings (SSSR count). The zero-order valence-corrected chi connectivity index (χ0v) is 11.4. The summed E-state index contributed by atoms with van der Waals surface area (Å²) >= 11 is 0. The number of rotatable bonds is 4. The minimum Gasteiger partial charge on any atom is -0.507 e. The molecular formula is C12H15NO5S. The van der Waals surface area contributed by atoms with E-state index in [0.29, 0.717) is 5.56 Å². The highest BCUT2D eigenvalue weighted by Crippen LogP contribution is 2.36. The predicted octanol–water partition coefficient (Wildman–Crippen LogP) is 1.23. The number of nitrogens with one attached hydrogen (secondary N) is 1. The van der Waals surface area contributed by atoms with E-state index in [9.17, 15) is 18.3 Å². The van der Waals surface area contributed by atoms with Gasteiger partial charge in [-0.1, -0.05) is 0 Å².